The molecule has 0 amide bonds. The van der Waals surface area contributed by atoms with Crippen molar-refractivity contribution in [1.29, 1.82) is 0 Å². The Morgan fingerprint density at radius 3 is 2.69 bits per heavy atom. The van der Waals surface area contributed by atoms with Crippen LogP contribution in [-0.2, 0) is 21.6 Å². The van der Waals surface area contributed by atoms with E-state index in [0.29, 0.717) is 5.92 Å². The zero-order valence-corrected chi connectivity index (χ0v) is 16.7. The van der Waals surface area contributed by atoms with Crippen LogP contribution in [0.2, 0.25) is 0 Å². The molecule has 0 spiro atoms. The molecule has 3 aliphatic rings. The van der Waals surface area contributed by atoms with Crippen molar-refractivity contribution in [2.45, 2.75) is 78.4 Å². The van der Waals surface area contributed by atoms with Crippen LogP contribution in [0.1, 0.15) is 71.6 Å². The molecule has 1 heterocycles. The molecule has 0 aromatic carbocycles. The Balaban J connectivity index is 1.85. The normalized spacial score (nSPS) is 43.8. The zero-order chi connectivity index (χ0) is 18.9. The monoisotopic (exact) mass is 360 g/mol. The van der Waals surface area contributed by atoms with Crippen LogP contribution in [0, 0.1) is 28.6 Å². The van der Waals surface area contributed by atoms with Gasteiger partial charge in [0.25, 0.3) is 0 Å². The number of hydrogen-bond donors (Lipinski definition) is 1. The zero-order valence-electron chi connectivity index (χ0n) is 16.7. The van der Waals surface area contributed by atoms with E-state index < -0.39 is 5.60 Å². The van der Waals surface area contributed by atoms with Crippen LogP contribution in [0.15, 0.2) is 16.7 Å². The summed E-state index contributed by atoms with van der Waals surface area (Å²) in [6, 6.07) is 1.88. The summed E-state index contributed by atoms with van der Waals surface area (Å²) in [7, 11) is 0. The molecule has 3 aliphatic carbocycles. The lowest BCUT2D eigenvalue weighted by atomic mass is 9.42. The summed E-state index contributed by atoms with van der Waals surface area (Å²) in [5.41, 5.74) is 0.164. The first-order valence-corrected chi connectivity index (χ1v) is 10.0. The van der Waals surface area contributed by atoms with E-state index in [1.807, 2.05) is 13.0 Å². The van der Waals surface area contributed by atoms with Crippen LogP contribution in [0.3, 0.4) is 0 Å². The standard InChI is InChI=1S/C22H32O4/c1-13(23)26-17-12-18-20(2,3)8-6-9-21(18,4)15-11-16-14(7-10-25-16)22(5,24)19(15)17/h7,10,15,17-19,24H,6,8-9,11-12H2,1-5H3/t15-,17+,18-,19-,21+,22+/m0/s1. The summed E-state index contributed by atoms with van der Waals surface area (Å²) < 4.78 is 11.6. The molecule has 2 saturated carbocycles. The van der Waals surface area contributed by atoms with Gasteiger partial charge in [-0.15, -0.1) is 0 Å². The first-order valence-electron chi connectivity index (χ1n) is 10.0. The van der Waals surface area contributed by atoms with Gasteiger partial charge in [0.2, 0.25) is 0 Å². The highest BCUT2D eigenvalue weighted by molar-refractivity contribution is 5.66. The topological polar surface area (TPSA) is 59.7 Å². The molecule has 1 N–H and O–H groups in total. The number of aliphatic hydroxyl groups is 1. The van der Waals surface area contributed by atoms with E-state index >= 15 is 0 Å². The first-order chi connectivity index (χ1) is 12.1. The van der Waals surface area contributed by atoms with E-state index in [0.717, 1.165) is 24.2 Å². The first kappa shape index (κ1) is 18.1. The molecule has 1 aromatic heterocycles. The Morgan fingerprint density at radius 2 is 2.00 bits per heavy atom. The molecule has 0 radical (unpaired) electrons. The SMILES string of the molecule is CC(=O)O[C@@H]1C[C@H]2C(C)(C)CCC[C@]2(C)[C@H]2Cc3occc3[C@@](C)(O)[C@H]12. The van der Waals surface area contributed by atoms with Crippen molar-refractivity contribution >= 4 is 5.97 Å². The highest BCUT2D eigenvalue weighted by Gasteiger charge is 2.63. The fourth-order valence-corrected chi connectivity index (χ4v) is 7.02. The Labute approximate surface area is 156 Å². The van der Waals surface area contributed by atoms with Crippen LogP contribution in [0.4, 0.5) is 0 Å². The van der Waals surface area contributed by atoms with Gasteiger partial charge in [-0.25, -0.2) is 0 Å². The second-order valence-electron chi connectivity index (χ2n) is 10.0. The second-order valence-corrected chi connectivity index (χ2v) is 10.0. The fourth-order valence-electron chi connectivity index (χ4n) is 7.02. The average Bonchev–Trinajstić information content (AvgIpc) is 2.98. The Hall–Kier alpha value is -1.29. The summed E-state index contributed by atoms with van der Waals surface area (Å²) in [6.45, 7) is 10.5. The summed E-state index contributed by atoms with van der Waals surface area (Å²) in [5.74, 6) is 1.29. The van der Waals surface area contributed by atoms with Gasteiger partial charge in [-0.05, 0) is 54.9 Å². The minimum atomic E-state index is -1.04. The van der Waals surface area contributed by atoms with E-state index in [1.165, 1.54) is 26.2 Å². The Bertz CT molecular complexity index is 715. The summed E-state index contributed by atoms with van der Waals surface area (Å²) in [5, 5.41) is 11.6. The van der Waals surface area contributed by atoms with Gasteiger partial charge in [0.05, 0.1) is 11.9 Å². The lowest BCUT2D eigenvalue weighted by Crippen LogP contribution is -2.62. The van der Waals surface area contributed by atoms with Crippen LogP contribution in [0.25, 0.3) is 0 Å². The molecular formula is C22H32O4. The number of ether oxygens (including phenoxy) is 1. The maximum atomic E-state index is 11.9. The van der Waals surface area contributed by atoms with Gasteiger partial charge in [0.1, 0.15) is 11.9 Å². The summed E-state index contributed by atoms with van der Waals surface area (Å²) in [4.78, 5) is 11.9. The quantitative estimate of drug-likeness (QED) is 0.752. The highest BCUT2D eigenvalue weighted by Crippen LogP contribution is 2.65. The van der Waals surface area contributed by atoms with Crippen molar-refractivity contribution in [3.8, 4) is 0 Å². The minimum Gasteiger partial charge on any atom is -0.469 e. The highest BCUT2D eigenvalue weighted by atomic mass is 16.5. The minimum absolute atomic E-state index is 0.0911. The fraction of sp³-hybridized carbons (Fsp3) is 0.773. The third-order valence-electron chi connectivity index (χ3n) is 8.09. The number of furan rings is 1. The van der Waals surface area contributed by atoms with Crippen LogP contribution in [0.5, 0.6) is 0 Å². The van der Waals surface area contributed by atoms with Gasteiger partial charge in [-0.2, -0.15) is 0 Å². The van der Waals surface area contributed by atoms with Crippen molar-refractivity contribution in [1.82, 2.24) is 0 Å². The van der Waals surface area contributed by atoms with Crippen molar-refractivity contribution in [3.05, 3.63) is 23.7 Å². The molecule has 0 aliphatic heterocycles. The number of esters is 1. The largest absolute Gasteiger partial charge is 0.469 e. The van der Waals surface area contributed by atoms with E-state index in [4.69, 9.17) is 9.15 Å². The van der Waals surface area contributed by atoms with Gasteiger partial charge in [0, 0.05) is 24.8 Å². The van der Waals surface area contributed by atoms with Gasteiger partial charge in [-0.1, -0.05) is 27.2 Å². The van der Waals surface area contributed by atoms with E-state index in [9.17, 15) is 9.90 Å². The number of carbonyl (C=O) groups excluding carboxylic acids is 1. The molecule has 6 atom stereocenters. The van der Waals surface area contributed by atoms with Gasteiger partial charge < -0.3 is 14.3 Å². The van der Waals surface area contributed by atoms with Gasteiger partial charge in [0.15, 0.2) is 0 Å². The van der Waals surface area contributed by atoms with E-state index in [2.05, 4.69) is 20.8 Å². The number of fused-ring (bicyclic) bond motifs is 4. The van der Waals surface area contributed by atoms with Crippen LogP contribution >= 0.6 is 0 Å². The molecule has 4 nitrogen and oxygen atoms in total. The Morgan fingerprint density at radius 1 is 1.27 bits per heavy atom. The van der Waals surface area contributed by atoms with Gasteiger partial charge >= 0.3 is 5.97 Å². The molecule has 1 aromatic rings. The second kappa shape index (κ2) is 5.60. The van der Waals surface area contributed by atoms with E-state index in [-0.39, 0.29) is 34.7 Å². The van der Waals surface area contributed by atoms with Crippen LogP contribution in [-0.4, -0.2) is 17.2 Å². The molecule has 0 saturated heterocycles. The lowest BCUT2D eigenvalue weighted by Gasteiger charge is -2.63. The van der Waals surface area contributed by atoms with Crippen molar-refractivity contribution < 1.29 is 19.1 Å². The van der Waals surface area contributed by atoms with Crippen molar-refractivity contribution in [3.63, 3.8) is 0 Å². The number of carbonyl (C=O) groups is 1. The third-order valence-corrected chi connectivity index (χ3v) is 8.09. The smallest absolute Gasteiger partial charge is 0.302 e. The van der Waals surface area contributed by atoms with Crippen LogP contribution < -0.4 is 0 Å². The average molecular weight is 360 g/mol. The molecule has 4 rings (SSSR count). The lowest BCUT2D eigenvalue weighted by molar-refractivity contribution is -0.215. The van der Waals surface area contributed by atoms with Crippen molar-refractivity contribution in [2.75, 3.05) is 0 Å². The molecule has 26 heavy (non-hydrogen) atoms. The predicted molar refractivity (Wildman–Crippen MR) is 98.4 cm³/mol. The maximum Gasteiger partial charge on any atom is 0.302 e. The van der Waals surface area contributed by atoms with Gasteiger partial charge in [-0.3, -0.25) is 4.79 Å². The molecule has 144 valence electrons. The molecule has 2 fully saturated rings. The number of rotatable bonds is 1. The van der Waals surface area contributed by atoms with Crippen molar-refractivity contribution in [2.24, 2.45) is 28.6 Å². The molecule has 0 unspecified atom stereocenters. The maximum absolute atomic E-state index is 11.9. The molecule has 4 heteroatoms. The predicted octanol–water partition coefficient (Wildman–Crippen LogP) is 4.44. The third kappa shape index (κ3) is 2.41. The molecule has 0 bridgehead atoms. The van der Waals surface area contributed by atoms with E-state index in [1.54, 1.807) is 6.26 Å². The Kier molecular flexibility index (Phi) is 3.90. The number of hydrogen-bond acceptors (Lipinski definition) is 4. The molecular weight excluding hydrogens is 328 g/mol. The summed E-state index contributed by atoms with van der Waals surface area (Å²) >= 11 is 0. The summed E-state index contributed by atoms with van der Waals surface area (Å²) in [6.07, 6.45) is 6.70.